The first-order chi connectivity index (χ1) is 6.60. The van der Waals surface area contributed by atoms with Gasteiger partial charge in [0, 0.05) is 0 Å². The Kier molecular flexibility index (Phi) is 7.65. The van der Waals surface area contributed by atoms with E-state index in [-0.39, 0.29) is 6.10 Å². The van der Waals surface area contributed by atoms with Gasteiger partial charge in [0.15, 0.2) is 0 Å². The van der Waals surface area contributed by atoms with E-state index in [4.69, 9.17) is 5.11 Å². The molecule has 0 aliphatic rings. The molecule has 84 valence electrons. The predicted octanol–water partition coefficient (Wildman–Crippen LogP) is 3.82. The molecule has 0 unspecified atom stereocenters. The quantitative estimate of drug-likeness (QED) is 0.544. The molecule has 2 heteroatoms. The van der Waals surface area contributed by atoms with E-state index < -0.39 is 13.3 Å². The second-order valence-electron chi connectivity index (χ2n) is 4.32. The van der Waals surface area contributed by atoms with Crippen molar-refractivity contribution in [3.8, 4) is 0 Å². The molecular formula is C12H26GeO. The Morgan fingerprint density at radius 2 is 1.57 bits per heavy atom. The van der Waals surface area contributed by atoms with Gasteiger partial charge < -0.3 is 0 Å². The van der Waals surface area contributed by atoms with Crippen LogP contribution < -0.4 is 0 Å². The van der Waals surface area contributed by atoms with Crippen molar-refractivity contribution >= 4 is 13.3 Å². The van der Waals surface area contributed by atoms with Crippen molar-refractivity contribution in [3.05, 3.63) is 12.2 Å². The van der Waals surface area contributed by atoms with E-state index in [1.807, 2.05) is 6.92 Å². The Balaban J connectivity index is 3.99. The Morgan fingerprint density at radius 1 is 1.07 bits per heavy atom. The molecule has 0 fully saturated rings. The maximum absolute atomic E-state index is 9.12. The summed E-state index contributed by atoms with van der Waals surface area (Å²) in [5.41, 5.74) is 0. The molecule has 0 saturated heterocycles. The number of rotatable bonds is 7. The van der Waals surface area contributed by atoms with Crippen molar-refractivity contribution < 1.29 is 5.11 Å². The molecule has 0 amide bonds. The minimum absolute atomic E-state index is 0.182. The van der Waals surface area contributed by atoms with Gasteiger partial charge in [0.25, 0.3) is 0 Å². The number of hydrogen-bond acceptors (Lipinski definition) is 1. The summed E-state index contributed by atoms with van der Waals surface area (Å²) in [6.45, 7) is 8.92. The molecule has 0 aromatic rings. The van der Waals surface area contributed by atoms with E-state index in [1.54, 1.807) is 0 Å². The van der Waals surface area contributed by atoms with Crippen LogP contribution in [0.15, 0.2) is 12.2 Å². The zero-order valence-corrected chi connectivity index (χ0v) is 12.3. The standard InChI is InChI=1S/C12H26GeO/c1-5-13(6-2,7-3)11-9-8-10-12(4)14/h8-9,12,14H,5-7,10-11H2,1-4H3/b9-8-/t12-/m1/s1. The van der Waals surface area contributed by atoms with Crippen LogP contribution in [0.25, 0.3) is 0 Å². The van der Waals surface area contributed by atoms with Gasteiger partial charge in [-0.15, -0.1) is 0 Å². The van der Waals surface area contributed by atoms with Crippen LogP contribution in [0.3, 0.4) is 0 Å². The van der Waals surface area contributed by atoms with Crippen molar-refractivity contribution in [3.63, 3.8) is 0 Å². The molecule has 1 atom stereocenters. The first-order valence-corrected chi connectivity index (χ1v) is 11.9. The van der Waals surface area contributed by atoms with Crippen molar-refractivity contribution in [2.24, 2.45) is 0 Å². The van der Waals surface area contributed by atoms with Crippen molar-refractivity contribution in [2.75, 3.05) is 0 Å². The summed E-state index contributed by atoms with van der Waals surface area (Å²) in [5.74, 6) is 0. The van der Waals surface area contributed by atoms with Gasteiger partial charge in [-0.25, -0.2) is 0 Å². The van der Waals surface area contributed by atoms with E-state index >= 15 is 0 Å². The molecule has 1 nitrogen and oxygen atoms in total. The summed E-state index contributed by atoms with van der Waals surface area (Å²) in [6.07, 6.45) is 5.11. The first kappa shape index (κ1) is 14.2. The molecule has 0 aromatic heterocycles. The molecule has 0 spiro atoms. The number of aliphatic hydroxyl groups excluding tert-OH is 1. The summed E-state index contributed by atoms with van der Waals surface area (Å²) >= 11 is -1.47. The van der Waals surface area contributed by atoms with Gasteiger partial charge in [0.1, 0.15) is 0 Å². The summed E-state index contributed by atoms with van der Waals surface area (Å²) < 4.78 is 0. The summed E-state index contributed by atoms with van der Waals surface area (Å²) in [4.78, 5) is 0. The summed E-state index contributed by atoms with van der Waals surface area (Å²) in [5, 5.41) is 14.8. The topological polar surface area (TPSA) is 20.2 Å². The van der Waals surface area contributed by atoms with E-state index in [0.29, 0.717) is 0 Å². The van der Waals surface area contributed by atoms with Gasteiger partial charge in [-0.3, -0.25) is 0 Å². The van der Waals surface area contributed by atoms with Crippen LogP contribution in [0.4, 0.5) is 0 Å². The number of allylic oxidation sites excluding steroid dienone is 1. The Bertz CT molecular complexity index is 151. The Morgan fingerprint density at radius 3 is 1.93 bits per heavy atom. The fourth-order valence-corrected chi connectivity index (χ4v) is 8.17. The van der Waals surface area contributed by atoms with E-state index in [2.05, 4.69) is 32.9 Å². The van der Waals surface area contributed by atoms with Gasteiger partial charge in [0.05, 0.1) is 0 Å². The predicted molar refractivity (Wildman–Crippen MR) is 67.4 cm³/mol. The van der Waals surface area contributed by atoms with Gasteiger partial charge in [-0.1, -0.05) is 0 Å². The molecule has 0 heterocycles. The molecule has 0 bridgehead atoms. The summed E-state index contributed by atoms with van der Waals surface area (Å²) in [7, 11) is 0. The average Bonchev–Trinajstić information content (AvgIpc) is 2.19. The Labute approximate surface area is 92.0 Å². The van der Waals surface area contributed by atoms with E-state index in [0.717, 1.165) is 6.42 Å². The second-order valence-corrected chi connectivity index (χ2v) is 15.9. The third kappa shape index (κ3) is 5.20. The average molecular weight is 259 g/mol. The van der Waals surface area contributed by atoms with Crippen LogP contribution in [-0.2, 0) is 0 Å². The second kappa shape index (κ2) is 7.52. The number of hydrogen-bond donors (Lipinski definition) is 1. The van der Waals surface area contributed by atoms with Crippen LogP contribution in [0, 0.1) is 0 Å². The zero-order chi connectivity index (χ0) is 11.0. The van der Waals surface area contributed by atoms with Crippen molar-refractivity contribution in [1.82, 2.24) is 0 Å². The van der Waals surface area contributed by atoms with Gasteiger partial charge in [-0.2, -0.15) is 0 Å². The van der Waals surface area contributed by atoms with Crippen LogP contribution >= 0.6 is 0 Å². The monoisotopic (exact) mass is 260 g/mol. The van der Waals surface area contributed by atoms with Crippen LogP contribution in [0.1, 0.15) is 34.1 Å². The zero-order valence-electron chi connectivity index (χ0n) is 10.2. The summed E-state index contributed by atoms with van der Waals surface area (Å²) in [6, 6.07) is 0. The molecule has 0 aliphatic carbocycles. The van der Waals surface area contributed by atoms with Crippen LogP contribution in [0.5, 0.6) is 0 Å². The van der Waals surface area contributed by atoms with Gasteiger partial charge >= 0.3 is 91.8 Å². The number of aliphatic hydroxyl groups is 1. The van der Waals surface area contributed by atoms with Crippen molar-refractivity contribution in [1.29, 1.82) is 0 Å². The molecule has 0 saturated carbocycles. The van der Waals surface area contributed by atoms with Gasteiger partial charge in [0.2, 0.25) is 0 Å². The van der Waals surface area contributed by atoms with E-state index in [9.17, 15) is 0 Å². The fraction of sp³-hybridized carbons (Fsp3) is 0.833. The Hall–Kier alpha value is 0.243. The molecule has 0 aromatic carbocycles. The third-order valence-electron chi connectivity index (χ3n) is 3.44. The molecule has 0 aliphatic heterocycles. The molecule has 0 radical (unpaired) electrons. The normalized spacial score (nSPS) is 14.9. The first-order valence-electron chi connectivity index (χ1n) is 5.93. The van der Waals surface area contributed by atoms with Gasteiger partial charge in [-0.05, 0) is 0 Å². The third-order valence-corrected chi connectivity index (χ3v) is 15.2. The molecular weight excluding hydrogens is 233 g/mol. The SMILES string of the molecule is C[CH2][Ge]([CH2]C)([CH2]C)[CH2]/C=C\C[C@@H](C)O. The molecule has 0 rings (SSSR count). The van der Waals surface area contributed by atoms with E-state index in [1.165, 1.54) is 21.0 Å². The minimum atomic E-state index is -1.47. The fourth-order valence-electron chi connectivity index (χ4n) is 1.81. The maximum atomic E-state index is 9.12. The molecule has 14 heavy (non-hydrogen) atoms. The van der Waals surface area contributed by atoms with Crippen molar-refractivity contribution in [2.45, 2.75) is 61.2 Å². The van der Waals surface area contributed by atoms with Crippen LogP contribution in [0.2, 0.25) is 21.0 Å². The van der Waals surface area contributed by atoms with Crippen LogP contribution in [-0.4, -0.2) is 24.5 Å². The molecule has 1 N–H and O–H groups in total.